The zero-order valence-electron chi connectivity index (χ0n) is 12.5. The summed E-state index contributed by atoms with van der Waals surface area (Å²) < 4.78 is 12.7. The van der Waals surface area contributed by atoms with Gasteiger partial charge in [-0.2, -0.15) is 0 Å². The monoisotopic (exact) mass is 268 g/mol. The van der Waals surface area contributed by atoms with Crippen molar-refractivity contribution >= 4 is 0 Å². The number of halogens is 1. The second-order valence-electron chi connectivity index (χ2n) is 6.23. The number of nitrogens with zero attached hydrogens (tertiary/aromatic N) is 2. The Balaban J connectivity index is 2.50. The number of hydrogen-bond donors (Lipinski definition) is 1. The molecule has 0 aromatic carbocycles. The van der Waals surface area contributed by atoms with Crippen LogP contribution in [0.25, 0.3) is 0 Å². The van der Waals surface area contributed by atoms with Gasteiger partial charge in [0.05, 0.1) is 18.0 Å². The molecule has 0 bridgehead atoms. The average molecular weight is 268 g/mol. The molecule has 1 N–H and O–H groups in total. The molecule has 0 aliphatic heterocycles. The molecule has 0 saturated heterocycles. The molecular formula is C15H25FN2O. The maximum Gasteiger partial charge on any atom is 0.141 e. The molecule has 1 aromatic heterocycles. The summed E-state index contributed by atoms with van der Waals surface area (Å²) in [5.74, 6) is -0.380. The Hall–Kier alpha value is -1.00. The fraction of sp³-hybridized carbons (Fsp3) is 0.667. The van der Waals surface area contributed by atoms with Crippen LogP contribution in [0, 0.1) is 11.2 Å². The summed E-state index contributed by atoms with van der Waals surface area (Å²) in [6, 6.07) is 3.28. The Morgan fingerprint density at radius 1 is 1.37 bits per heavy atom. The van der Waals surface area contributed by atoms with Gasteiger partial charge in [-0.3, -0.25) is 4.98 Å². The Labute approximate surface area is 115 Å². The van der Waals surface area contributed by atoms with Gasteiger partial charge >= 0.3 is 0 Å². The van der Waals surface area contributed by atoms with E-state index >= 15 is 0 Å². The molecular weight excluding hydrogens is 243 g/mol. The highest BCUT2D eigenvalue weighted by molar-refractivity contribution is 5.07. The molecule has 19 heavy (non-hydrogen) atoms. The van der Waals surface area contributed by atoms with Gasteiger partial charge < -0.3 is 10.0 Å². The van der Waals surface area contributed by atoms with E-state index in [0.29, 0.717) is 18.2 Å². The minimum Gasteiger partial charge on any atom is -0.387 e. The molecule has 4 heteroatoms. The van der Waals surface area contributed by atoms with Crippen LogP contribution in [-0.2, 0) is 0 Å². The summed E-state index contributed by atoms with van der Waals surface area (Å²) in [6.07, 6.45) is 1.09. The molecule has 0 radical (unpaired) electrons. The predicted molar refractivity (Wildman–Crippen MR) is 75.3 cm³/mol. The van der Waals surface area contributed by atoms with Gasteiger partial charge in [-0.15, -0.1) is 0 Å². The van der Waals surface area contributed by atoms with Crippen molar-refractivity contribution in [2.24, 2.45) is 5.41 Å². The third-order valence-corrected chi connectivity index (χ3v) is 3.76. The van der Waals surface area contributed by atoms with Crippen LogP contribution in [0.15, 0.2) is 18.3 Å². The molecule has 0 aliphatic rings. The summed E-state index contributed by atoms with van der Waals surface area (Å²) in [5, 5.41) is 10.0. The van der Waals surface area contributed by atoms with Crippen molar-refractivity contribution < 1.29 is 9.50 Å². The van der Waals surface area contributed by atoms with E-state index in [4.69, 9.17) is 0 Å². The first kappa shape index (κ1) is 16.1. The quantitative estimate of drug-likeness (QED) is 0.892. The maximum absolute atomic E-state index is 12.7. The third kappa shape index (κ3) is 4.88. The van der Waals surface area contributed by atoms with Crippen molar-refractivity contribution in [3.63, 3.8) is 0 Å². The van der Waals surface area contributed by atoms with Crippen molar-refractivity contribution in [2.75, 3.05) is 13.6 Å². The molecule has 1 rings (SSSR count). The summed E-state index contributed by atoms with van der Waals surface area (Å²) in [6.45, 7) is 9.56. The SMILES string of the molecule is CC(N(C)CCC(O)c1ccc(F)cn1)C(C)(C)C. The lowest BCUT2D eigenvalue weighted by Crippen LogP contribution is -2.40. The van der Waals surface area contributed by atoms with Crippen LogP contribution in [-0.4, -0.2) is 34.6 Å². The van der Waals surface area contributed by atoms with E-state index in [9.17, 15) is 9.50 Å². The van der Waals surface area contributed by atoms with E-state index in [0.717, 1.165) is 12.7 Å². The Morgan fingerprint density at radius 2 is 2.00 bits per heavy atom. The summed E-state index contributed by atoms with van der Waals surface area (Å²) in [5.41, 5.74) is 0.728. The van der Waals surface area contributed by atoms with Crippen molar-refractivity contribution in [1.29, 1.82) is 0 Å². The smallest absolute Gasteiger partial charge is 0.141 e. The predicted octanol–water partition coefficient (Wildman–Crippen LogP) is 3.01. The molecule has 0 saturated carbocycles. The van der Waals surface area contributed by atoms with Gasteiger partial charge in [-0.05, 0) is 37.9 Å². The Bertz CT molecular complexity index is 386. The van der Waals surface area contributed by atoms with Gasteiger partial charge in [0.2, 0.25) is 0 Å². The van der Waals surface area contributed by atoms with E-state index in [-0.39, 0.29) is 11.2 Å². The second kappa shape index (κ2) is 6.44. The van der Waals surface area contributed by atoms with Gasteiger partial charge in [0.25, 0.3) is 0 Å². The molecule has 1 aromatic rings. The lowest BCUT2D eigenvalue weighted by molar-refractivity contribution is 0.102. The third-order valence-electron chi connectivity index (χ3n) is 3.76. The highest BCUT2D eigenvalue weighted by Gasteiger charge is 2.24. The second-order valence-corrected chi connectivity index (χ2v) is 6.23. The maximum atomic E-state index is 12.7. The Morgan fingerprint density at radius 3 is 2.47 bits per heavy atom. The van der Waals surface area contributed by atoms with Crippen LogP contribution in [0.4, 0.5) is 4.39 Å². The van der Waals surface area contributed by atoms with Crippen molar-refractivity contribution in [3.05, 3.63) is 29.8 Å². The van der Waals surface area contributed by atoms with E-state index in [1.165, 1.54) is 12.1 Å². The highest BCUT2D eigenvalue weighted by atomic mass is 19.1. The van der Waals surface area contributed by atoms with Crippen molar-refractivity contribution in [1.82, 2.24) is 9.88 Å². The topological polar surface area (TPSA) is 36.4 Å². The van der Waals surface area contributed by atoms with E-state index in [1.807, 2.05) is 0 Å². The molecule has 0 aliphatic carbocycles. The van der Waals surface area contributed by atoms with Crippen molar-refractivity contribution in [3.8, 4) is 0 Å². The molecule has 2 unspecified atom stereocenters. The molecule has 0 amide bonds. The first-order valence-corrected chi connectivity index (χ1v) is 6.71. The van der Waals surface area contributed by atoms with Crippen LogP contribution in [0.3, 0.4) is 0 Å². The molecule has 2 atom stereocenters. The summed E-state index contributed by atoms with van der Waals surface area (Å²) in [4.78, 5) is 6.14. The van der Waals surface area contributed by atoms with E-state index in [2.05, 4.69) is 44.6 Å². The summed E-state index contributed by atoms with van der Waals surface area (Å²) >= 11 is 0. The number of rotatable bonds is 5. The van der Waals surface area contributed by atoms with E-state index < -0.39 is 6.10 Å². The van der Waals surface area contributed by atoms with Crippen molar-refractivity contribution in [2.45, 2.75) is 46.3 Å². The van der Waals surface area contributed by atoms with Crippen LogP contribution >= 0.6 is 0 Å². The van der Waals surface area contributed by atoms with Gasteiger partial charge in [0.1, 0.15) is 5.82 Å². The van der Waals surface area contributed by atoms with Gasteiger partial charge in [-0.25, -0.2) is 4.39 Å². The number of hydrogen-bond acceptors (Lipinski definition) is 3. The van der Waals surface area contributed by atoms with Crippen LogP contribution in [0.5, 0.6) is 0 Å². The molecule has 1 heterocycles. The zero-order valence-corrected chi connectivity index (χ0v) is 12.5. The molecule has 3 nitrogen and oxygen atoms in total. The number of aromatic nitrogens is 1. The standard InChI is InChI=1S/C15H25FN2O/c1-11(15(2,3)4)18(5)9-8-14(19)13-7-6-12(16)10-17-13/h6-7,10-11,14,19H,8-9H2,1-5H3. The lowest BCUT2D eigenvalue weighted by Gasteiger charge is -2.35. The lowest BCUT2D eigenvalue weighted by atomic mass is 9.87. The molecule has 0 fully saturated rings. The van der Waals surface area contributed by atoms with Crippen LogP contribution in [0.2, 0.25) is 0 Å². The zero-order chi connectivity index (χ0) is 14.6. The number of aliphatic hydroxyl groups excluding tert-OH is 1. The highest BCUT2D eigenvalue weighted by Crippen LogP contribution is 2.24. The largest absolute Gasteiger partial charge is 0.387 e. The molecule has 108 valence electrons. The van der Waals surface area contributed by atoms with Gasteiger partial charge in [0, 0.05) is 12.6 Å². The fourth-order valence-corrected chi connectivity index (χ4v) is 1.91. The first-order valence-electron chi connectivity index (χ1n) is 6.71. The fourth-order valence-electron chi connectivity index (χ4n) is 1.91. The first-order chi connectivity index (χ1) is 8.71. The van der Waals surface area contributed by atoms with E-state index in [1.54, 1.807) is 0 Å². The van der Waals surface area contributed by atoms with Crippen LogP contribution in [0.1, 0.15) is 45.9 Å². The Kier molecular flexibility index (Phi) is 5.44. The summed E-state index contributed by atoms with van der Waals surface area (Å²) in [7, 11) is 2.06. The minimum absolute atomic E-state index is 0.202. The number of aliphatic hydroxyl groups is 1. The minimum atomic E-state index is -0.643. The average Bonchev–Trinajstić information content (AvgIpc) is 2.34. The number of pyridine rings is 1. The van der Waals surface area contributed by atoms with Crippen LogP contribution < -0.4 is 0 Å². The van der Waals surface area contributed by atoms with Gasteiger partial charge in [-0.1, -0.05) is 20.8 Å². The molecule has 0 spiro atoms. The van der Waals surface area contributed by atoms with Gasteiger partial charge in [0.15, 0.2) is 0 Å². The normalized spacial score (nSPS) is 15.6.